The van der Waals surface area contributed by atoms with Gasteiger partial charge in [-0.1, -0.05) is 0 Å². The zero-order valence-electron chi connectivity index (χ0n) is 8.17. The molecule has 0 unspecified atom stereocenters. The molecule has 7 nitrogen and oxygen atoms in total. The number of hydrogen-bond acceptors (Lipinski definition) is 5. The molecule has 0 aliphatic rings. The summed E-state index contributed by atoms with van der Waals surface area (Å²) < 4.78 is 4.55. The van der Waals surface area contributed by atoms with Crippen molar-refractivity contribution in [3.05, 3.63) is 33.9 Å². The minimum Gasteiger partial charge on any atom is -0.478 e. The summed E-state index contributed by atoms with van der Waals surface area (Å²) in [6.07, 6.45) is 0. The number of esters is 1. The van der Waals surface area contributed by atoms with Crippen LogP contribution in [0, 0.1) is 10.1 Å². The lowest BCUT2D eigenvalue weighted by atomic mass is 10.2. The molecule has 1 N–H and O–H groups in total. The van der Waals surface area contributed by atoms with Gasteiger partial charge in [-0.25, -0.2) is 4.79 Å². The fraction of sp³-hybridized carbons (Fsp3) is 0.111. The van der Waals surface area contributed by atoms with Crippen molar-refractivity contribution in [2.75, 3.05) is 0 Å². The van der Waals surface area contributed by atoms with Gasteiger partial charge in [0.25, 0.3) is 0 Å². The van der Waals surface area contributed by atoms with Crippen LogP contribution in [0.1, 0.15) is 17.3 Å². The molecule has 7 heteroatoms. The zero-order valence-corrected chi connectivity index (χ0v) is 8.17. The third-order valence-corrected chi connectivity index (χ3v) is 1.66. The summed E-state index contributed by atoms with van der Waals surface area (Å²) in [5.74, 6) is -2.40. The molecule has 84 valence electrons. The number of carboxylic acids is 1. The maximum absolute atomic E-state index is 10.7. The summed E-state index contributed by atoms with van der Waals surface area (Å²) in [6, 6.07) is 2.97. The van der Waals surface area contributed by atoms with E-state index in [0.717, 1.165) is 25.1 Å². The Balaban J connectivity index is 3.26. The molecule has 0 atom stereocenters. The number of aromatic carboxylic acids is 1. The smallest absolute Gasteiger partial charge is 0.335 e. The van der Waals surface area contributed by atoms with Crippen LogP contribution < -0.4 is 4.74 Å². The minimum absolute atomic E-state index is 0.193. The predicted molar refractivity (Wildman–Crippen MR) is 51.4 cm³/mol. The van der Waals surface area contributed by atoms with Gasteiger partial charge in [0.2, 0.25) is 5.75 Å². The predicted octanol–water partition coefficient (Wildman–Crippen LogP) is 1.22. The van der Waals surface area contributed by atoms with Crippen molar-refractivity contribution in [1.82, 2.24) is 0 Å². The first-order chi connectivity index (χ1) is 7.41. The fourth-order valence-corrected chi connectivity index (χ4v) is 1.03. The number of carbonyl (C=O) groups excluding carboxylic acids is 1. The number of carboxylic acid groups (broad SMARTS) is 1. The van der Waals surface area contributed by atoms with Gasteiger partial charge in [0, 0.05) is 19.1 Å². The van der Waals surface area contributed by atoms with Crippen molar-refractivity contribution < 1.29 is 24.4 Å². The summed E-state index contributed by atoms with van der Waals surface area (Å²) >= 11 is 0. The largest absolute Gasteiger partial charge is 0.478 e. The Kier molecular flexibility index (Phi) is 3.19. The van der Waals surface area contributed by atoms with Crippen LogP contribution in [0.3, 0.4) is 0 Å². The summed E-state index contributed by atoms with van der Waals surface area (Å²) in [5, 5.41) is 19.2. The van der Waals surface area contributed by atoms with Gasteiger partial charge in [0.15, 0.2) is 0 Å². The van der Waals surface area contributed by atoms with Crippen LogP contribution in [0.25, 0.3) is 0 Å². The molecule has 0 radical (unpaired) electrons. The Morgan fingerprint density at radius 3 is 2.50 bits per heavy atom. The van der Waals surface area contributed by atoms with Crippen LogP contribution in [-0.2, 0) is 4.79 Å². The van der Waals surface area contributed by atoms with Gasteiger partial charge in [-0.05, 0) is 6.07 Å². The Morgan fingerprint density at radius 2 is 2.06 bits per heavy atom. The lowest BCUT2D eigenvalue weighted by Crippen LogP contribution is -2.06. The Labute approximate surface area is 89.4 Å². The highest BCUT2D eigenvalue weighted by atomic mass is 16.6. The van der Waals surface area contributed by atoms with Gasteiger partial charge >= 0.3 is 17.6 Å². The molecule has 0 aliphatic heterocycles. The number of nitro groups is 1. The van der Waals surface area contributed by atoms with E-state index in [1.165, 1.54) is 0 Å². The highest BCUT2D eigenvalue weighted by molar-refractivity contribution is 5.89. The van der Waals surface area contributed by atoms with E-state index in [1.807, 2.05) is 0 Å². The highest BCUT2D eigenvalue weighted by Crippen LogP contribution is 2.28. The number of carbonyl (C=O) groups is 2. The van der Waals surface area contributed by atoms with Crippen LogP contribution in [0.2, 0.25) is 0 Å². The van der Waals surface area contributed by atoms with Crippen LogP contribution >= 0.6 is 0 Å². The van der Waals surface area contributed by atoms with Crippen LogP contribution in [0.15, 0.2) is 18.2 Å². The first kappa shape index (κ1) is 11.6. The molecule has 16 heavy (non-hydrogen) atoms. The summed E-state index contributed by atoms with van der Waals surface area (Å²) in [7, 11) is 0. The SMILES string of the molecule is CC(=O)Oc1cc(C(=O)O)ccc1[N+](=O)[O-]. The minimum atomic E-state index is -1.26. The molecule has 0 amide bonds. The van der Waals surface area contributed by atoms with Crippen LogP contribution in [0.4, 0.5) is 5.69 Å². The Bertz CT molecular complexity index is 467. The average Bonchev–Trinajstić information content (AvgIpc) is 2.15. The standard InChI is InChI=1S/C9H7NO6/c1-5(11)16-8-4-6(9(12)13)2-3-7(8)10(14)15/h2-4H,1H3,(H,12,13). The molecule has 0 fully saturated rings. The molecule has 0 aliphatic carbocycles. The molecular weight excluding hydrogens is 218 g/mol. The van der Waals surface area contributed by atoms with Crippen molar-refractivity contribution in [2.45, 2.75) is 6.92 Å². The Hall–Kier alpha value is -2.44. The molecule has 1 rings (SSSR count). The quantitative estimate of drug-likeness (QED) is 0.358. The summed E-state index contributed by atoms with van der Waals surface area (Å²) in [6.45, 7) is 1.07. The number of nitrogens with zero attached hydrogens (tertiary/aromatic N) is 1. The van der Waals surface area contributed by atoms with Crippen molar-refractivity contribution in [1.29, 1.82) is 0 Å². The van der Waals surface area contributed by atoms with Crippen molar-refractivity contribution in [2.24, 2.45) is 0 Å². The van der Waals surface area contributed by atoms with Gasteiger partial charge in [-0.15, -0.1) is 0 Å². The van der Waals surface area contributed by atoms with E-state index >= 15 is 0 Å². The number of benzene rings is 1. The molecule has 0 saturated heterocycles. The molecule has 0 saturated carbocycles. The van der Waals surface area contributed by atoms with Gasteiger partial charge < -0.3 is 9.84 Å². The van der Waals surface area contributed by atoms with Gasteiger partial charge in [-0.2, -0.15) is 0 Å². The molecular formula is C9H7NO6. The zero-order chi connectivity index (χ0) is 12.3. The van der Waals surface area contributed by atoms with E-state index < -0.39 is 22.5 Å². The number of ether oxygens (including phenoxy) is 1. The lowest BCUT2D eigenvalue weighted by Gasteiger charge is -2.03. The maximum Gasteiger partial charge on any atom is 0.335 e. The van der Waals surface area contributed by atoms with Crippen LogP contribution in [-0.4, -0.2) is 22.0 Å². The number of nitro benzene ring substituents is 1. The van der Waals surface area contributed by atoms with E-state index in [2.05, 4.69) is 4.74 Å². The molecule has 0 heterocycles. The van der Waals surface area contributed by atoms with Gasteiger partial charge in [0.05, 0.1) is 10.5 Å². The highest BCUT2D eigenvalue weighted by Gasteiger charge is 2.19. The average molecular weight is 225 g/mol. The topological polar surface area (TPSA) is 107 Å². The third kappa shape index (κ3) is 2.53. The number of hydrogen-bond donors (Lipinski definition) is 1. The lowest BCUT2D eigenvalue weighted by molar-refractivity contribution is -0.385. The molecule has 0 bridgehead atoms. The van der Waals surface area contributed by atoms with E-state index in [4.69, 9.17) is 5.11 Å². The second kappa shape index (κ2) is 4.39. The second-order valence-electron chi connectivity index (χ2n) is 2.84. The fourth-order valence-electron chi connectivity index (χ4n) is 1.03. The molecule has 0 aromatic heterocycles. The van der Waals surface area contributed by atoms with Gasteiger partial charge in [0.1, 0.15) is 0 Å². The maximum atomic E-state index is 10.7. The Morgan fingerprint density at radius 1 is 1.44 bits per heavy atom. The normalized spacial score (nSPS) is 9.56. The number of rotatable bonds is 3. The monoisotopic (exact) mass is 225 g/mol. The van der Waals surface area contributed by atoms with Gasteiger partial charge in [-0.3, -0.25) is 14.9 Å². The molecule has 1 aromatic carbocycles. The summed E-state index contributed by atoms with van der Waals surface area (Å²) in [4.78, 5) is 31.1. The van der Waals surface area contributed by atoms with Crippen LogP contribution in [0.5, 0.6) is 5.75 Å². The van der Waals surface area contributed by atoms with Crippen molar-refractivity contribution in [3.8, 4) is 5.75 Å². The second-order valence-corrected chi connectivity index (χ2v) is 2.84. The molecule has 1 aromatic rings. The molecule has 0 spiro atoms. The van der Waals surface area contributed by atoms with E-state index in [0.29, 0.717) is 0 Å². The van der Waals surface area contributed by atoms with E-state index in [9.17, 15) is 19.7 Å². The summed E-state index contributed by atoms with van der Waals surface area (Å²) in [5.41, 5.74) is -0.651. The van der Waals surface area contributed by atoms with Crippen molar-refractivity contribution in [3.63, 3.8) is 0 Å². The first-order valence-electron chi connectivity index (χ1n) is 4.12. The van der Waals surface area contributed by atoms with Crippen molar-refractivity contribution >= 4 is 17.6 Å². The first-order valence-corrected chi connectivity index (χ1v) is 4.12. The van der Waals surface area contributed by atoms with E-state index in [1.54, 1.807) is 0 Å². The van der Waals surface area contributed by atoms with E-state index in [-0.39, 0.29) is 11.3 Å². The third-order valence-electron chi connectivity index (χ3n) is 1.66.